The lowest BCUT2D eigenvalue weighted by atomic mass is 10.2. The lowest BCUT2D eigenvalue weighted by Crippen LogP contribution is -2.27. The molecule has 0 aliphatic rings. The van der Waals surface area contributed by atoms with Gasteiger partial charge in [0.2, 0.25) is 0 Å². The van der Waals surface area contributed by atoms with Crippen LogP contribution in [0.4, 0.5) is 0 Å². The minimum atomic E-state index is 0.364. The van der Waals surface area contributed by atoms with Crippen molar-refractivity contribution in [1.82, 2.24) is 0 Å². The normalized spacial score (nSPS) is 14.5. The maximum atomic E-state index is 5.76. The van der Waals surface area contributed by atoms with Gasteiger partial charge in [0.15, 0.2) is 0 Å². The smallest absolute Gasteiger partial charge is 0.107 e. The Hall–Kier alpha value is -0.950. The fourth-order valence-corrected chi connectivity index (χ4v) is 1.36. The minimum absolute atomic E-state index is 0.364. The molecule has 0 aliphatic carbocycles. The van der Waals surface area contributed by atoms with Gasteiger partial charge in [0.05, 0.1) is 0 Å². The Labute approximate surface area is 83.5 Å². The molecule has 1 aromatic rings. The Kier molecular flexibility index (Phi) is 3.84. The van der Waals surface area contributed by atoms with E-state index in [9.17, 15) is 0 Å². The van der Waals surface area contributed by atoms with E-state index >= 15 is 0 Å². The quantitative estimate of drug-likeness (QED) is 0.712. The molecule has 0 saturated carbocycles. The average Bonchev–Trinajstić information content (AvgIpc) is 2.15. The van der Waals surface area contributed by atoms with Crippen LogP contribution in [-0.2, 0) is 0 Å². The third-order valence-corrected chi connectivity index (χ3v) is 2.07. The van der Waals surface area contributed by atoms with Crippen LogP contribution in [0.15, 0.2) is 24.3 Å². The van der Waals surface area contributed by atoms with Crippen molar-refractivity contribution >= 4 is 22.8 Å². The molecule has 0 unspecified atom stereocenters. The van der Waals surface area contributed by atoms with Gasteiger partial charge in [0.25, 0.3) is 0 Å². The SMILES string of the molecule is CCC/C=c1/cccc/c1=C(/N)Cl. The molecule has 0 aromatic heterocycles. The molecule has 0 bridgehead atoms. The van der Waals surface area contributed by atoms with E-state index in [1.165, 1.54) is 0 Å². The zero-order valence-electron chi connectivity index (χ0n) is 7.76. The summed E-state index contributed by atoms with van der Waals surface area (Å²) in [6.45, 7) is 2.15. The van der Waals surface area contributed by atoms with Crippen molar-refractivity contribution in [2.45, 2.75) is 19.8 Å². The molecular weight excluding hydrogens is 182 g/mol. The van der Waals surface area contributed by atoms with Gasteiger partial charge in [-0.1, -0.05) is 55.3 Å². The van der Waals surface area contributed by atoms with E-state index in [0.29, 0.717) is 5.16 Å². The molecule has 2 N–H and O–H groups in total. The molecular formula is C11H14ClN. The Bertz CT molecular complexity index is 377. The molecule has 0 heterocycles. The van der Waals surface area contributed by atoms with Gasteiger partial charge in [0.1, 0.15) is 5.16 Å². The maximum absolute atomic E-state index is 5.76. The summed E-state index contributed by atoms with van der Waals surface area (Å²) in [6, 6.07) is 7.89. The number of halogens is 1. The average molecular weight is 196 g/mol. The zero-order chi connectivity index (χ0) is 9.68. The predicted molar refractivity (Wildman–Crippen MR) is 58.5 cm³/mol. The summed E-state index contributed by atoms with van der Waals surface area (Å²) in [5.74, 6) is 0. The van der Waals surface area contributed by atoms with E-state index in [4.69, 9.17) is 17.3 Å². The van der Waals surface area contributed by atoms with Crippen LogP contribution in [0.2, 0.25) is 0 Å². The van der Waals surface area contributed by atoms with Crippen LogP contribution < -0.4 is 16.2 Å². The molecule has 0 atom stereocenters. The number of hydrogen-bond donors (Lipinski definition) is 1. The highest BCUT2D eigenvalue weighted by atomic mass is 35.5. The number of benzene rings is 1. The number of unbranched alkanes of at least 4 members (excludes halogenated alkanes) is 1. The maximum Gasteiger partial charge on any atom is 0.107 e. The molecule has 0 amide bonds. The summed E-state index contributed by atoms with van der Waals surface area (Å²) >= 11 is 5.76. The van der Waals surface area contributed by atoms with Crippen LogP contribution in [0.25, 0.3) is 11.2 Å². The third-order valence-electron chi connectivity index (χ3n) is 1.87. The van der Waals surface area contributed by atoms with E-state index < -0.39 is 0 Å². The van der Waals surface area contributed by atoms with Crippen LogP contribution >= 0.6 is 11.6 Å². The highest BCUT2D eigenvalue weighted by Gasteiger charge is 1.87. The summed E-state index contributed by atoms with van der Waals surface area (Å²) in [5.41, 5.74) is 5.55. The fourth-order valence-electron chi connectivity index (χ4n) is 1.19. The van der Waals surface area contributed by atoms with E-state index in [1.807, 2.05) is 24.3 Å². The molecule has 0 fully saturated rings. The Morgan fingerprint density at radius 1 is 1.46 bits per heavy atom. The van der Waals surface area contributed by atoms with Gasteiger partial charge in [0, 0.05) is 5.22 Å². The summed E-state index contributed by atoms with van der Waals surface area (Å²) < 4.78 is 0. The minimum Gasteiger partial charge on any atom is -0.389 e. The van der Waals surface area contributed by atoms with Crippen LogP contribution in [0.1, 0.15) is 19.8 Å². The van der Waals surface area contributed by atoms with E-state index in [2.05, 4.69) is 13.0 Å². The summed E-state index contributed by atoms with van der Waals surface area (Å²) in [7, 11) is 0. The fraction of sp³-hybridized carbons (Fsp3) is 0.273. The summed E-state index contributed by atoms with van der Waals surface area (Å²) in [4.78, 5) is 0. The zero-order valence-corrected chi connectivity index (χ0v) is 8.51. The van der Waals surface area contributed by atoms with Crippen molar-refractivity contribution in [2.75, 3.05) is 0 Å². The lowest BCUT2D eigenvalue weighted by Gasteiger charge is -1.92. The van der Waals surface area contributed by atoms with Crippen LogP contribution in [0, 0.1) is 0 Å². The lowest BCUT2D eigenvalue weighted by molar-refractivity contribution is 0.991. The van der Waals surface area contributed by atoms with Crippen molar-refractivity contribution in [2.24, 2.45) is 5.73 Å². The Balaban J connectivity index is 3.30. The van der Waals surface area contributed by atoms with Crippen molar-refractivity contribution < 1.29 is 0 Å². The van der Waals surface area contributed by atoms with Gasteiger partial charge in [-0.05, 0) is 11.6 Å². The summed E-state index contributed by atoms with van der Waals surface area (Å²) in [5, 5.41) is 2.41. The number of nitrogens with two attached hydrogens (primary N) is 1. The largest absolute Gasteiger partial charge is 0.389 e. The van der Waals surface area contributed by atoms with Gasteiger partial charge in [-0.2, -0.15) is 0 Å². The molecule has 13 heavy (non-hydrogen) atoms. The number of rotatable bonds is 2. The van der Waals surface area contributed by atoms with Crippen molar-refractivity contribution in [1.29, 1.82) is 0 Å². The van der Waals surface area contributed by atoms with Gasteiger partial charge in [-0.3, -0.25) is 0 Å². The highest BCUT2D eigenvalue weighted by molar-refractivity contribution is 6.44. The highest BCUT2D eigenvalue weighted by Crippen LogP contribution is 1.88. The van der Waals surface area contributed by atoms with Gasteiger partial charge in [-0.25, -0.2) is 0 Å². The van der Waals surface area contributed by atoms with Crippen LogP contribution in [0.5, 0.6) is 0 Å². The number of hydrogen-bond acceptors (Lipinski definition) is 1. The molecule has 0 saturated heterocycles. The first-order valence-corrected chi connectivity index (χ1v) is 4.84. The first-order valence-electron chi connectivity index (χ1n) is 4.46. The van der Waals surface area contributed by atoms with E-state index in [-0.39, 0.29) is 0 Å². The first kappa shape index (κ1) is 10.1. The molecule has 70 valence electrons. The molecule has 1 rings (SSSR count). The Morgan fingerprint density at radius 2 is 2.15 bits per heavy atom. The van der Waals surface area contributed by atoms with Crippen molar-refractivity contribution in [3.8, 4) is 0 Å². The molecule has 0 radical (unpaired) electrons. The topological polar surface area (TPSA) is 26.0 Å². The van der Waals surface area contributed by atoms with Crippen molar-refractivity contribution in [3.05, 3.63) is 34.7 Å². The second kappa shape index (κ2) is 4.93. The molecule has 0 spiro atoms. The van der Waals surface area contributed by atoms with E-state index in [0.717, 1.165) is 23.3 Å². The molecule has 0 aliphatic heterocycles. The van der Waals surface area contributed by atoms with Crippen molar-refractivity contribution in [3.63, 3.8) is 0 Å². The predicted octanol–water partition coefficient (Wildman–Crippen LogP) is 1.53. The second-order valence-corrected chi connectivity index (χ2v) is 3.34. The standard InChI is InChI=1S/C11H14ClN/c1-2-3-6-9-7-4-5-8-10(9)11(12)13/h4-8H,2-3,13H2,1H3/b9-6-,11-10-. The third kappa shape index (κ3) is 2.78. The molecule has 2 heteroatoms. The molecule has 1 aromatic carbocycles. The summed E-state index contributed by atoms with van der Waals surface area (Å²) in [6.07, 6.45) is 4.35. The Morgan fingerprint density at radius 3 is 2.77 bits per heavy atom. The van der Waals surface area contributed by atoms with Gasteiger partial charge < -0.3 is 5.73 Å². The van der Waals surface area contributed by atoms with Gasteiger partial charge >= 0.3 is 0 Å². The first-order chi connectivity index (χ1) is 6.25. The van der Waals surface area contributed by atoms with Gasteiger partial charge in [-0.15, -0.1) is 0 Å². The monoisotopic (exact) mass is 195 g/mol. The second-order valence-electron chi connectivity index (χ2n) is 2.93. The molecule has 1 nitrogen and oxygen atoms in total. The van der Waals surface area contributed by atoms with E-state index in [1.54, 1.807) is 0 Å². The van der Waals surface area contributed by atoms with Crippen LogP contribution in [0.3, 0.4) is 0 Å². The van der Waals surface area contributed by atoms with Crippen LogP contribution in [-0.4, -0.2) is 0 Å².